The molecule has 0 bridgehead atoms. The van der Waals surface area contributed by atoms with Gasteiger partial charge in [0.05, 0.1) is 17.7 Å². The summed E-state index contributed by atoms with van der Waals surface area (Å²) in [5.41, 5.74) is 2.58. The van der Waals surface area contributed by atoms with E-state index in [1.807, 2.05) is 20.8 Å². The topological polar surface area (TPSA) is 135 Å². The Morgan fingerprint density at radius 3 is 2.21 bits per heavy atom. The average Bonchev–Trinajstić information content (AvgIpc) is 2.96. The van der Waals surface area contributed by atoms with Crippen LogP contribution in [-0.2, 0) is 38.1 Å². The summed E-state index contributed by atoms with van der Waals surface area (Å²) in [6.07, 6.45) is -0.189. The molecule has 232 valence electrons. The maximum atomic E-state index is 13.0. The maximum Gasteiger partial charge on any atom is 0.338 e. The summed E-state index contributed by atoms with van der Waals surface area (Å²) >= 11 is 0. The second-order valence-corrected chi connectivity index (χ2v) is 11.0. The van der Waals surface area contributed by atoms with Crippen LogP contribution in [0.4, 0.5) is 0 Å². The van der Waals surface area contributed by atoms with Crippen molar-refractivity contribution in [2.45, 2.75) is 85.1 Å². The quantitative estimate of drug-likeness (QED) is 0.255. The number of ether oxygens (including phenoxy) is 5. The number of benzene rings is 1. The molecule has 0 aromatic heterocycles. The van der Waals surface area contributed by atoms with E-state index in [1.165, 1.54) is 27.0 Å². The van der Waals surface area contributed by atoms with Crippen molar-refractivity contribution in [2.75, 3.05) is 0 Å². The third-order valence-electron chi connectivity index (χ3n) is 7.17. The standard InChI is InChI=1S/C33H40O10/c1-18(2)15-28(40-21(5)34)31(41-22(6)35)26-17-39-33(42-23(7)36)29-20(4)30(37)27(16-19(3)13-14-25(26)29)43-32(38)24-11-9-8-10-12-24/h8-12,15-17,25,27-31,33,37H,4,13-14H2,1-3,5-7H3/t25-,27-,28-,29+,30+,31+,33+/m1/s1. The number of carbonyl (C=O) groups excluding carboxylic acids is 4. The molecule has 10 nitrogen and oxygen atoms in total. The van der Waals surface area contributed by atoms with Crippen LogP contribution in [0.3, 0.4) is 0 Å². The molecule has 1 aliphatic carbocycles. The molecule has 0 amide bonds. The molecule has 0 unspecified atom stereocenters. The molecule has 1 heterocycles. The van der Waals surface area contributed by atoms with Crippen LogP contribution < -0.4 is 0 Å². The summed E-state index contributed by atoms with van der Waals surface area (Å²) in [7, 11) is 0. The van der Waals surface area contributed by atoms with Crippen molar-refractivity contribution >= 4 is 23.9 Å². The smallest absolute Gasteiger partial charge is 0.338 e. The van der Waals surface area contributed by atoms with Gasteiger partial charge >= 0.3 is 23.9 Å². The minimum atomic E-state index is -1.41. The Morgan fingerprint density at radius 2 is 1.63 bits per heavy atom. The summed E-state index contributed by atoms with van der Waals surface area (Å²) in [6.45, 7) is 13.4. The van der Waals surface area contributed by atoms with Gasteiger partial charge in [0, 0.05) is 32.3 Å². The summed E-state index contributed by atoms with van der Waals surface area (Å²) in [6, 6.07) is 8.39. The SMILES string of the molecule is C=C1[C@@H]2[C@H](OC(C)=O)OC=C([C@H](OC(C)=O)[C@@H](C=C(C)C)OC(C)=O)[C@H]2CCC(C)=C[C@@H](OC(=O)c2ccccc2)[C@H]1O. The Bertz CT molecular complexity index is 1300. The van der Waals surface area contributed by atoms with Gasteiger partial charge in [-0.3, -0.25) is 14.4 Å². The molecular weight excluding hydrogens is 556 g/mol. The van der Waals surface area contributed by atoms with Gasteiger partial charge in [-0.1, -0.05) is 35.9 Å². The van der Waals surface area contributed by atoms with Gasteiger partial charge in [-0.2, -0.15) is 0 Å². The molecule has 0 saturated carbocycles. The zero-order chi connectivity index (χ0) is 31.8. The molecule has 3 rings (SSSR count). The fourth-order valence-corrected chi connectivity index (χ4v) is 5.35. The number of carbonyl (C=O) groups is 4. The van der Waals surface area contributed by atoms with Crippen molar-refractivity contribution < 1.29 is 48.0 Å². The summed E-state index contributed by atoms with van der Waals surface area (Å²) in [5, 5.41) is 11.6. The molecular formula is C33H40O10. The van der Waals surface area contributed by atoms with Crippen LogP contribution in [0.5, 0.6) is 0 Å². The zero-order valence-electron chi connectivity index (χ0n) is 25.4. The predicted octanol–water partition coefficient (Wildman–Crippen LogP) is 4.73. The number of aliphatic hydroxyl groups excluding tert-OH is 1. The van der Waals surface area contributed by atoms with Crippen LogP contribution in [0, 0.1) is 11.8 Å². The first-order valence-electron chi connectivity index (χ1n) is 14.1. The predicted molar refractivity (Wildman–Crippen MR) is 156 cm³/mol. The molecule has 2 aliphatic rings. The van der Waals surface area contributed by atoms with E-state index in [0.29, 0.717) is 24.0 Å². The molecule has 0 spiro atoms. The lowest BCUT2D eigenvalue weighted by atomic mass is 9.73. The van der Waals surface area contributed by atoms with Gasteiger partial charge in [0.15, 0.2) is 18.3 Å². The lowest BCUT2D eigenvalue weighted by Gasteiger charge is -2.42. The number of hydrogen-bond donors (Lipinski definition) is 1. The zero-order valence-corrected chi connectivity index (χ0v) is 25.4. The number of allylic oxidation sites excluding steroid dienone is 2. The highest BCUT2D eigenvalue weighted by atomic mass is 16.7. The molecule has 0 fully saturated rings. The maximum absolute atomic E-state index is 13.0. The van der Waals surface area contributed by atoms with Crippen LogP contribution in [0.15, 0.2) is 77.6 Å². The average molecular weight is 597 g/mol. The lowest BCUT2D eigenvalue weighted by Crippen LogP contribution is -2.47. The summed E-state index contributed by atoms with van der Waals surface area (Å²) in [5.74, 6) is -3.85. The van der Waals surface area contributed by atoms with Gasteiger partial charge < -0.3 is 28.8 Å². The molecule has 1 aromatic carbocycles. The highest BCUT2D eigenvalue weighted by Gasteiger charge is 2.48. The fourth-order valence-electron chi connectivity index (χ4n) is 5.35. The highest BCUT2D eigenvalue weighted by Crippen LogP contribution is 2.44. The molecule has 1 aliphatic heterocycles. The van der Waals surface area contributed by atoms with Gasteiger partial charge in [0.25, 0.3) is 0 Å². The third kappa shape index (κ3) is 8.90. The van der Waals surface area contributed by atoms with Crippen LogP contribution in [0.25, 0.3) is 0 Å². The van der Waals surface area contributed by atoms with Crippen LogP contribution >= 0.6 is 0 Å². The molecule has 7 atom stereocenters. The van der Waals surface area contributed by atoms with Crippen LogP contribution in [0.1, 0.15) is 64.7 Å². The fraction of sp³-hybridized carbons (Fsp3) is 0.455. The molecule has 0 radical (unpaired) electrons. The molecule has 10 heteroatoms. The normalized spacial score (nSPS) is 24.9. The molecule has 1 aromatic rings. The van der Waals surface area contributed by atoms with Crippen molar-refractivity contribution in [2.24, 2.45) is 11.8 Å². The highest BCUT2D eigenvalue weighted by molar-refractivity contribution is 5.89. The molecule has 43 heavy (non-hydrogen) atoms. The Labute approximate surface area is 252 Å². The molecule has 0 saturated heterocycles. The van der Waals surface area contributed by atoms with Gasteiger partial charge in [-0.25, -0.2) is 4.79 Å². The first-order valence-corrected chi connectivity index (χ1v) is 14.1. The van der Waals surface area contributed by atoms with Crippen molar-refractivity contribution in [3.8, 4) is 0 Å². The van der Waals surface area contributed by atoms with Gasteiger partial charge in [0.2, 0.25) is 6.29 Å². The van der Waals surface area contributed by atoms with E-state index < -0.39 is 66.4 Å². The Kier molecular flexibility index (Phi) is 11.5. The van der Waals surface area contributed by atoms with E-state index in [9.17, 15) is 24.3 Å². The van der Waals surface area contributed by atoms with Crippen LogP contribution in [-0.4, -0.2) is 59.7 Å². The third-order valence-corrected chi connectivity index (χ3v) is 7.17. The second-order valence-electron chi connectivity index (χ2n) is 11.0. The van der Waals surface area contributed by atoms with Crippen molar-refractivity contribution in [3.63, 3.8) is 0 Å². The summed E-state index contributed by atoms with van der Waals surface area (Å²) in [4.78, 5) is 49.4. The Morgan fingerprint density at radius 1 is 0.977 bits per heavy atom. The first-order chi connectivity index (χ1) is 20.3. The number of rotatable bonds is 8. The molecule has 1 N–H and O–H groups in total. The number of esters is 4. The van der Waals surface area contributed by atoms with Crippen molar-refractivity contribution in [3.05, 3.63) is 83.2 Å². The van der Waals surface area contributed by atoms with E-state index in [0.717, 1.165) is 11.1 Å². The lowest BCUT2D eigenvalue weighted by molar-refractivity contribution is -0.184. The Hall–Kier alpha value is -4.18. The monoisotopic (exact) mass is 596 g/mol. The van der Waals surface area contributed by atoms with E-state index >= 15 is 0 Å². The van der Waals surface area contributed by atoms with E-state index in [2.05, 4.69) is 6.58 Å². The minimum absolute atomic E-state index is 0.187. The number of aliphatic hydroxyl groups is 1. The summed E-state index contributed by atoms with van der Waals surface area (Å²) < 4.78 is 28.5. The van der Waals surface area contributed by atoms with Crippen molar-refractivity contribution in [1.29, 1.82) is 0 Å². The Balaban J connectivity index is 2.09. The largest absolute Gasteiger partial charge is 0.462 e. The van der Waals surface area contributed by atoms with Gasteiger partial charge in [0.1, 0.15) is 6.10 Å². The first kappa shape index (κ1) is 33.3. The van der Waals surface area contributed by atoms with Crippen LogP contribution in [0.2, 0.25) is 0 Å². The second kappa shape index (κ2) is 14.8. The van der Waals surface area contributed by atoms with E-state index in [1.54, 1.807) is 42.5 Å². The number of fused-ring (bicyclic) bond motifs is 1. The number of hydrogen-bond acceptors (Lipinski definition) is 10. The van der Waals surface area contributed by atoms with E-state index in [-0.39, 0.29) is 5.57 Å². The van der Waals surface area contributed by atoms with Gasteiger partial charge in [-0.05, 0) is 63.5 Å². The van der Waals surface area contributed by atoms with Crippen molar-refractivity contribution in [1.82, 2.24) is 0 Å². The minimum Gasteiger partial charge on any atom is -0.462 e. The van der Waals surface area contributed by atoms with Gasteiger partial charge in [-0.15, -0.1) is 0 Å². The van der Waals surface area contributed by atoms with E-state index in [4.69, 9.17) is 23.7 Å².